The van der Waals surface area contributed by atoms with Crippen LogP contribution in [0.2, 0.25) is 0 Å². The average Bonchev–Trinajstić information content (AvgIpc) is 1.14. The fourth-order valence-corrected chi connectivity index (χ4v) is 18.0. The topological polar surface area (TPSA) is 24.9 Å². The van der Waals surface area contributed by atoms with Gasteiger partial charge in [0.05, 0.1) is 16.8 Å². The third-order valence-electron chi connectivity index (χ3n) is 23.0. The minimum absolute atomic E-state index is 0.112. The van der Waals surface area contributed by atoms with Gasteiger partial charge in [0, 0.05) is 33.9 Å². The van der Waals surface area contributed by atoms with Crippen LogP contribution in [0.25, 0.3) is 55.6 Å². The molecule has 0 atom stereocenters. The molecule has 0 fully saturated rings. The van der Waals surface area contributed by atoms with Crippen LogP contribution in [0.15, 0.2) is 267 Å². The van der Waals surface area contributed by atoms with Gasteiger partial charge in [-0.05, 0) is 210 Å². The standard InChI is InChI=1S/C95H80B2N2O2/c1-91(2,3)60-43-46-78(69(50-60)57-28-15-13-16-29-57)98-80-56-81-77(97-75-45-42-62(93(7,8)9)53-85(75)101-87-54-63(94(10,11)12)52-83(90(87)97)99(81)79-47-44-61(92(4,5)6)51-70(79)58-30-17-14-18-31-58)55-76(80)96-74-40-25-26-41-84(74)100-86-49-59(48-82(98)89(86)96)64-35-27-36-68-67-34-21-24-39-73(67)95(88(64)68)71-37-22-19-32-65(71)66-33-20-23-38-72(66)95/h13-56H,1-12H3. The molecule has 488 valence electrons. The predicted octanol–water partition coefficient (Wildman–Crippen LogP) is 21.0. The fourth-order valence-electron chi connectivity index (χ4n) is 18.0. The molecule has 4 nitrogen and oxygen atoms in total. The van der Waals surface area contributed by atoms with Gasteiger partial charge in [-0.3, -0.25) is 0 Å². The van der Waals surface area contributed by atoms with Crippen molar-refractivity contribution < 1.29 is 9.47 Å². The van der Waals surface area contributed by atoms with E-state index in [1.54, 1.807) is 0 Å². The van der Waals surface area contributed by atoms with Crippen LogP contribution in [-0.2, 0) is 27.1 Å². The molecule has 0 saturated carbocycles. The van der Waals surface area contributed by atoms with Crippen LogP contribution >= 0.6 is 0 Å². The Labute approximate surface area is 596 Å². The van der Waals surface area contributed by atoms with E-state index < -0.39 is 5.41 Å². The van der Waals surface area contributed by atoms with Gasteiger partial charge in [0.15, 0.2) is 0 Å². The summed E-state index contributed by atoms with van der Waals surface area (Å²) in [6.07, 6.45) is 0. The van der Waals surface area contributed by atoms with Crippen LogP contribution in [-0.4, -0.2) is 13.4 Å². The summed E-state index contributed by atoms with van der Waals surface area (Å²) in [6, 6.07) is 102. The zero-order valence-corrected chi connectivity index (χ0v) is 59.8. The Hall–Kier alpha value is -10.8. The molecular formula is C95H80B2N2O2. The quantitative estimate of drug-likeness (QED) is 0.160. The number of anilines is 6. The lowest BCUT2D eigenvalue weighted by molar-refractivity contribution is 0.479. The molecule has 1 spiro atoms. The van der Waals surface area contributed by atoms with E-state index in [2.05, 4.69) is 360 Å². The molecule has 0 unspecified atom stereocenters. The van der Waals surface area contributed by atoms with Crippen molar-refractivity contribution >= 4 is 80.3 Å². The van der Waals surface area contributed by atoms with Crippen LogP contribution in [0.3, 0.4) is 0 Å². The first-order valence-corrected chi connectivity index (χ1v) is 36.2. The van der Waals surface area contributed by atoms with E-state index in [9.17, 15) is 0 Å². The minimum Gasteiger partial charge on any atom is -0.458 e. The molecule has 0 saturated heterocycles. The van der Waals surface area contributed by atoms with Gasteiger partial charge in [0.25, 0.3) is 13.4 Å². The maximum atomic E-state index is 7.64. The summed E-state index contributed by atoms with van der Waals surface area (Å²) in [7, 11) is 0. The van der Waals surface area contributed by atoms with Crippen LogP contribution in [0.1, 0.15) is 128 Å². The van der Waals surface area contributed by atoms with Crippen molar-refractivity contribution in [3.63, 3.8) is 0 Å². The molecule has 0 amide bonds. The highest BCUT2D eigenvalue weighted by molar-refractivity contribution is 7.02. The first-order chi connectivity index (χ1) is 48.6. The van der Waals surface area contributed by atoms with Gasteiger partial charge in [-0.2, -0.15) is 0 Å². The molecule has 101 heavy (non-hydrogen) atoms. The van der Waals surface area contributed by atoms with Crippen molar-refractivity contribution in [2.75, 3.05) is 9.80 Å². The van der Waals surface area contributed by atoms with E-state index in [-0.39, 0.29) is 35.1 Å². The second kappa shape index (κ2) is 21.6. The first-order valence-electron chi connectivity index (χ1n) is 36.2. The van der Waals surface area contributed by atoms with Gasteiger partial charge in [0.2, 0.25) is 0 Å². The number of benzene rings is 13. The molecule has 6 aliphatic rings. The van der Waals surface area contributed by atoms with Crippen molar-refractivity contribution in [2.45, 2.75) is 110 Å². The Morgan fingerprint density at radius 1 is 0.257 bits per heavy atom. The van der Waals surface area contributed by atoms with E-state index in [0.717, 1.165) is 90.3 Å². The lowest BCUT2D eigenvalue weighted by atomic mass is 9.30. The van der Waals surface area contributed by atoms with E-state index in [4.69, 9.17) is 9.47 Å². The second-order valence-corrected chi connectivity index (χ2v) is 33.1. The number of hydrogen-bond acceptors (Lipinski definition) is 4. The fraction of sp³-hybridized carbons (Fsp3) is 0.179. The van der Waals surface area contributed by atoms with Crippen molar-refractivity contribution in [2.24, 2.45) is 0 Å². The number of fused-ring (bicyclic) bond motifs is 18. The number of rotatable bonds is 5. The third-order valence-corrected chi connectivity index (χ3v) is 23.0. The molecule has 13 aromatic carbocycles. The first kappa shape index (κ1) is 61.3. The molecule has 2 aliphatic carbocycles. The Morgan fingerprint density at radius 3 is 1.22 bits per heavy atom. The molecule has 19 rings (SSSR count). The highest BCUT2D eigenvalue weighted by atomic mass is 16.5. The molecule has 0 N–H and O–H groups in total. The van der Waals surface area contributed by atoms with Gasteiger partial charge in [0.1, 0.15) is 23.0 Å². The summed E-state index contributed by atoms with van der Waals surface area (Å²) in [5, 5.41) is 0. The van der Waals surface area contributed by atoms with Crippen LogP contribution in [0, 0.1) is 0 Å². The van der Waals surface area contributed by atoms with E-state index >= 15 is 0 Å². The highest BCUT2D eigenvalue weighted by Gasteiger charge is 2.54. The number of ether oxygens (including phenoxy) is 2. The minimum atomic E-state index is -0.597. The average molecular weight is 1300 g/mol. The molecule has 6 heteroatoms. The van der Waals surface area contributed by atoms with Gasteiger partial charge >= 0.3 is 0 Å². The lowest BCUT2D eigenvalue weighted by Gasteiger charge is -2.45. The number of hydrogen-bond donors (Lipinski definition) is 0. The normalized spacial score (nSPS) is 14.5. The van der Waals surface area contributed by atoms with Crippen LogP contribution in [0.4, 0.5) is 34.1 Å². The van der Waals surface area contributed by atoms with Crippen molar-refractivity contribution in [1.82, 2.24) is 0 Å². The number of nitrogens with zero attached hydrogens (tertiary/aromatic N) is 2. The Bertz CT molecular complexity index is 5620. The van der Waals surface area contributed by atoms with E-state index in [1.165, 1.54) is 99.7 Å². The molecular weight excluding hydrogens is 1220 g/mol. The SMILES string of the molecule is CC(C)(C)c1ccc2c(c1)Oc1cc(C(C)(C)C)cc3c1B2c1cc2c(cc1N3c1ccc(C(C)(C)C)cc1-c1ccccc1)N(c1ccc(C(C)(C)C)cc1-c1ccccc1)c1cc(-c3cccc4c3C3(c5ccccc5-c5ccccc53)c3ccccc3-4)cc3c1B2c1ccccc1O3. The van der Waals surface area contributed by atoms with Gasteiger partial charge in [-0.25, -0.2) is 0 Å². The van der Waals surface area contributed by atoms with Crippen molar-refractivity contribution in [3.05, 3.63) is 311 Å². The maximum absolute atomic E-state index is 7.64. The van der Waals surface area contributed by atoms with Crippen molar-refractivity contribution in [3.8, 4) is 78.6 Å². The van der Waals surface area contributed by atoms with E-state index in [0.29, 0.717) is 0 Å². The van der Waals surface area contributed by atoms with Gasteiger partial charge in [-0.15, -0.1) is 0 Å². The summed E-state index contributed by atoms with van der Waals surface area (Å²) in [6.45, 7) is 27.5. The van der Waals surface area contributed by atoms with Gasteiger partial charge < -0.3 is 19.3 Å². The molecule has 0 aromatic heterocycles. The van der Waals surface area contributed by atoms with E-state index in [1.807, 2.05) is 0 Å². The van der Waals surface area contributed by atoms with Crippen LogP contribution < -0.4 is 52.1 Å². The zero-order valence-electron chi connectivity index (χ0n) is 59.8. The molecule has 13 aromatic rings. The maximum Gasteiger partial charge on any atom is 0.256 e. The lowest BCUT2D eigenvalue weighted by Crippen LogP contribution is -2.64. The summed E-state index contributed by atoms with van der Waals surface area (Å²) >= 11 is 0. The van der Waals surface area contributed by atoms with Gasteiger partial charge in [-0.1, -0.05) is 283 Å². The summed E-state index contributed by atoms with van der Waals surface area (Å²) in [5.74, 6) is 3.55. The number of para-hydroxylation sites is 1. The molecule has 0 bridgehead atoms. The van der Waals surface area contributed by atoms with Crippen molar-refractivity contribution in [1.29, 1.82) is 0 Å². The Morgan fingerprint density at radius 2 is 0.673 bits per heavy atom. The molecule has 0 radical (unpaired) electrons. The summed E-state index contributed by atoms with van der Waals surface area (Å²) in [4.78, 5) is 5.30. The monoisotopic (exact) mass is 1300 g/mol. The summed E-state index contributed by atoms with van der Waals surface area (Å²) < 4.78 is 15.2. The highest BCUT2D eigenvalue weighted by Crippen LogP contribution is 2.65. The molecule has 4 heterocycles. The second-order valence-electron chi connectivity index (χ2n) is 33.1. The smallest absolute Gasteiger partial charge is 0.256 e. The zero-order chi connectivity index (χ0) is 69.0. The Kier molecular flexibility index (Phi) is 13.1. The van der Waals surface area contributed by atoms with Crippen LogP contribution in [0.5, 0.6) is 23.0 Å². The predicted molar refractivity (Wildman–Crippen MR) is 426 cm³/mol. The largest absolute Gasteiger partial charge is 0.458 e. The Balaban J connectivity index is 0.959. The third kappa shape index (κ3) is 9.02. The molecule has 4 aliphatic heterocycles. The summed E-state index contributed by atoms with van der Waals surface area (Å²) in [5.41, 5.74) is 34.8.